The van der Waals surface area contributed by atoms with E-state index in [1.165, 1.54) is 58.8 Å². The molecule has 0 amide bonds. The van der Waals surface area contributed by atoms with Crippen LogP contribution in [-0.2, 0) is 4.57 Å². The molecule has 1 N–H and O–H groups in total. The van der Waals surface area contributed by atoms with Gasteiger partial charge in [0.1, 0.15) is 39.4 Å². The first-order valence-corrected chi connectivity index (χ1v) is 13.2. The fourth-order valence-electron chi connectivity index (χ4n) is 4.47. The number of ether oxygens (including phenoxy) is 4. The van der Waals surface area contributed by atoms with Crippen molar-refractivity contribution in [3.63, 3.8) is 0 Å². The van der Waals surface area contributed by atoms with Crippen LogP contribution in [0.25, 0.3) is 11.1 Å². The number of phenolic OH excluding ortho intramolecular Hbond substituents is 1. The Morgan fingerprint density at radius 1 is 0.575 bits per heavy atom. The van der Waals surface area contributed by atoms with Crippen LogP contribution in [0, 0.1) is 29.1 Å². The van der Waals surface area contributed by atoms with Crippen molar-refractivity contribution < 1.29 is 50.6 Å². The van der Waals surface area contributed by atoms with E-state index < -0.39 is 58.4 Å². The third-order valence-corrected chi connectivity index (χ3v) is 9.45. The van der Waals surface area contributed by atoms with Crippen molar-refractivity contribution in [2.45, 2.75) is 0 Å². The van der Waals surface area contributed by atoms with Crippen molar-refractivity contribution >= 4 is 23.1 Å². The van der Waals surface area contributed by atoms with Gasteiger partial charge in [-0.05, 0) is 30.3 Å². The van der Waals surface area contributed by atoms with E-state index in [9.17, 15) is 27.1 Å². The average molecular weight is 580 g/mol. The van der Waals surface area contributed by atoms with Gasteiger partial charge in [-0.15, -0.1) is 0 Å². The summed E-state index contributed by atoms with van der Waals surface area (Å²) in [7, 11) is 0.697. The number of benzene rings is 4. The highest BCUT2D eigenvalue weighted by molar-refractivity contribution is 7.86. The molecule has 4 rings (SSSR count). The summed E-state index contributed by atoms with van der Waals surface area (Å²) in [5, 5.41) is 10.8. The van der Waals surface area contributed by atoms with E-state index in [2.05, 4.69) is 0 Å². The second kappa shape index (κ2) is 11.1. The van der Waals surface area contributed by atoms with E-state index in [4.69, 9.17) is 18.9 Å². The molecular weight excluding hydrogens is 558 g/mol. The predicted molar refractivity (Wildman–Crippen MR) is 139 cm³/mol. The van der Waals surface area contributed by atoms with Gasteiger partial charge >= 0.3 is 0 Å². The van der Waals surface area contributed by atoms with E-state index in [1.54, 1.807) is 12.1 Å². The fraction of sp³-hybridized carbons (Fsp3) is 0.143. The second-order valence-electron chi connectivity index (χ2n) is 8.25. The molecule has 40 heavy (non-hydrogen) atoms. The molecule has 0 unspecified atom stereocenters. The van der Waals surface area contributed by atoms with Crippen molar-refractivity contribution in [2.75, 3.05) is 28.4 Å². The zero-order valence-corrected chi connectivity index (χ0v) is 22.4. The first-order valence-electron chi connectivity index (χ1n) is 11.5. The molecule has 4 aromatic rings. The van der Waals surface area contributed by atoms with Crippen LogP contribution >= 0.6 is 7.14 Å². The van der Waals surface area contributed by atoms with Crippen LogP contribution in [0.4, 0.5) is 22.0 Å². The summed E-state index contributed by atoms with van der Waals surface area (Å²) >= 11 is 0. The van der Waals surface area contributed by atoms with Crippen molar-refractivity contribution in [2.24, 2.45) is 0 Å². The Balaban J connectivity index is 2.23. The summed E-state index contributed by atoms with van der Waals surface area (Å²) in [5.41, 5.74) is -2.20. The van der Waals surface area contributed by atoms with Crippen LogP contribution in [0.2, 0.25) is 0 Å². The molecule has 210 valence electrons. The van der Waals surface area contributed by atoms with Gasteiger partial charge in [-0.2, -0.15) is 0 Å². The lowest BCUT2D eigenvalue weighted by Gasteiger charge is -2.27. The minimum atomic E-state index is -4.50. The van der Waals surface area contributed by atoms with E-state index in [0.717, 1.165) is 12.1 Å². The number of halogens is 5. The largest absolute Gasteiger partial charge is 0.506 e. The maximum atomic E-state index is 15.6. The van der Waals surface area contributed by atoms with Gasteiger partial charge in [-0.1, -0.05) is 24.3 Å². The Morgan fingerprint density at radius 3 is 1.30 bits per heavy atom. The van der Waals surface area contributed by atoms with Gasteiger partial charge in [0.15, 0.2) is 30.4 Å². The van der Waals surface area contributed by atoms with E-state index in [-0.39, 0.29) is 33.6 Å². The summed E-state index contributed by atoms with van der Waals surface area (Å²) in [6.45, 7) is 0. The standard InChI is InChI=1S/C28H22F5O6P/c1-36-15-9-6-10-16(37-2)27(15)40(35,28-17(38-3)11-7-12-18(28)39-4)19-13-5-8-14(26(19)34)20-21(29)23(31)25(33)24(32)22(20)30/h5-13,34H,1-4H3. The molecular formula is C28H22F5O6P. The number of rotatable bonds is 8. The van der Waals surface area contributed by atoms with Crippen LogP contribution in [0.5, 0.6) is 28.7 Å². The Hall–Kier alpha value is -4.24. The minimum absolute atomic E-state index is 0.0386. The van der Waals surface area contributed by atoms with Gasteiger partial charge in [-0.3, -0.25) is 0 Å². The number of phenols is 1. The third-order valence-electron chi connectivity index (χ3n) is 6.27. The van der Waals surface area contributed by atoms with Gasteiger partial charge in [0, 0.05) is 5.56 Å². The quantitative estimate of drug-likeness (QED) is 0.130. The lowest BCUT2D eigenvalue weighted by atomic mass is 10.0. The molecule has 0 saturated heterocycles. The summed E-state index contributed by atoms with van der Waals surface area (Å²) in [5.74, 6) is -12.0. The van der Waals surface area contributed by atoms with Crippen molar-refractivity contribution in [3.8, 4) is 39.9 Å². The first-order chi connectivity index (χ1) is 19.1. The van der Waals surface area contributed by atoms with Crippen LogP contribution < -0.4 is 34.9 Å². The van der Waals surface area contributed by atoms with Crippen LogP contribution in [0.15, 0.2) is 54.6 Å². The Bertz CT molecular complexity index is 1530. The molecule has 0 fully saturated rings. The van der Waals surface area contributed by atoms with E-state index in [0.29, 0.717) is 0 Å². The number of hydrogen-bond donors (Lipinski definition) is 1. The van der Waals surface area contributed by atoms with Gasteiger partial charge in [-0.25, -0.2) is 22.0 Å². The van der Waals surface area contributed by atoms with Crippen molar-refractivity contribution in [3.05, 3.63) is 83.7 Å². The van der Waals surface area contributed by atoms with Crippen molar-refractivity contribution in [1.82, 2.24) is 0 Å². The van der Waals surface area contributed by atoms with Gasteiger partial charge < -0.3 is 28.6 Å². The molecule has 6 nitrogen and oxygen atoms in total. The maximum absolute atomic E-state index is 15.6. The van der Waals surface area contributed by atoms with Gasteiger partial charge in [0.2, 0.25) is 5.82 Å². The molecule has 0 radical (unpaired) electrons. The summed E-state index contributed by atoms with van der Waals surface area (Å²) in [4.78, 5) is 0. The fourth-order valence-corrected chi connectivity index (χ4v) is 7.79. The highest BCUT2D eigenvalue weighted by atomic mass is 31.2. The summed E-state index contributed by atoms with van der Waals surface area (Å²) in [6.07, 6.45) is 0. The lowest BCUT2D eigenvalue weighted by molar-refractivity contribution is 0.380. The SMILES string of the molecule is COc1cccc(OC)c1P(=O)(c1cccc(-c2c(F)c(F)c(F)c(F)c2F)c1O)c1c(OC)cccc1OC. The van der Waals surface area contributed by atoms with Crippen LogP contribution in [0.3, 0.4) is 0 Å². The predicted octanol–water partition coefficient (Wildman–Crippen LogP) is 5.43. The number of methoxy groups -OCH3 is 4. The molecule has 0 aromatic heterocycles. The van der Waals surface area contributed by atoms with Gasteiger partial charge in [0.25, 0.3) is 0 Å². The van der Waals surface area contributed by atoms with Crippen LogP contribution in [0.1, 0.15) is 0 Å². The van der Waals surface area contributed by atoms with Crippen LogP contribution in [-0.4, -0.2) is 33.5 Å². The molecule has 0 bridgehead atoms. The first kappa shape index (κ1) is 28.8. The monoisotopic (exact) mass is 580 g/mol. The number of para-hydroxylation sites is 1. The zero-order valence-electron chi connectivity index (χ0n) is 21.5. The maximum Gasteiger partial charge on any atom is 0.200 e. The third kappa shape index (κ3) is 4.30. The molecule has 12 heteroatoms. The molecule has 4 aromatic carbocycles. The van der Waals surface area contributed by atoms with Gasteiger partial charge in [0.05, 0.1) is 39.3 Å². The lowest BCUT2D eigenvalue weighted by Crippen LogP contribution is -2.29. The molecule has 0 aliphatic carbocycles. The number of aromatic hydroxyl groups is 1. The summed E-state index contributed by atoms with van der Waals surface area (Å²) in [6, 6.07) is 12.2. The zero-order chi connectivity index (χ0) is 29.4. The molecule has 0 atom stereocenters. The molecule has 0 saturated carbocycles. The normalized spacial score (nSPS) is 11.3. The average Bonchev–Trinajstić information content (AvgIpc) is 2.98. The molecule has 0 spiro atoms. The minimum Gasteiger partial charge on any atom is -0.506 e. The topological polar surface area (TPSA) is 74.2 Å². The van der Waals surface area contributed by atoms with E-state index >= 15 is 4.57 Å². The smallest absolute Gasteiger partial charge is 0.200 e. The molecule has 0 heterocycles. The molecule has 0 aliphatic heterocycles. The van der Waals surface area contributed by atoms with Crippen molar-refractivity contribution in [1.29, 1.82) is 0 Å². The Labute approximate surface area is 225 Å². The Kier molecular flexibility index (Phi) is 7.98. The highest BCUT2D eigenvalue weighted by Crippen LogP contribution is 2.55. The molecule has 0 aliphatic rings. The highest BCUT2D eigenvalue weighted by Gasteiger charge is 2.43. The van der Waals surface area contributed by atoms with E-state index in [1.807, 2.05) is 0 Å². The summed E-state index contributed by atoms with van der Waals surface area (Å²) < 4.78 is 109. The Morgan fingerprint density at radius 2 is 0.925 bits per heavy atom. The number of hydrogen-bond acceptors (Lipinski definition) is 6. The second-order valence-corrected chi connectivity index (χ2v) is 10.8.